The number of ketones is 1. The van der Waals surface area contributed by atoms with Crippen LogP contribution < -0.4 is 4.72 Å². The molecule has 35 heavy (non-hydrogen) atoms. The number of rotatable bonds is 8. The molecule has 0 saturated heterocycles. The normalized spacial score (nSPS) is 11.5. The van der Waals surface area contributed by atoms with Crippen LogP contribution in [0.3, 0.4) is 0 Å². The summed E-state index contributed by atoms with van der Waals surface area (Å²) < 4.78 is 29.5. The molecule has 0 aliphatic rings. The van der Waals surface area contributed by atoms with Gasteiger partial charge in [0.15, 0.2) is 5.78 Å². The molecule has 0 fully saturated rings. The number of hydrogen-bond acceptors (Lipinski definition) is 4. The molecule has 0 aliphatic carbocycles. The van der Waals surface area contributed by atoms with Crippen LogP contribution in [0.25, 0.3) is 10.9 Å². The molecule has 0 spiro atoms. The van der Waals surface area contributed by atoms with Gasteiger partial charge in [-0.1, -0.05) is 67.4 Å². The van der Waals surface area contributed by atoms with Crippen LogP contribution in [0.15, 0.2) is 77.7 Å². The first-order valence-electron chi connectivity index (χ1n) is 11.2. The summed E-state index contributed by atoms with van der Waals surface area (Å²) in [6.07, 6.45) is 1.49. The van der Waals surface area contributed by atoms with Gasteiger partial charge in [0.05, 0.1) is 10.4 Å². The zero-order valence-corrected chi connectivity index (χ0v) is 21.0. The maximum atomic E-state index is 13.0. The number of fused-ring (bicyclic) bond motifs is 1. The number of nitrogens with one attached hydrogen (secondary N) is 1. The van der Waals surface area contributed by atoms with Gasteiger partial charge in [0.1, 0.15) is 0 Å². The van der Waals surface area contributed by atoms with Gasteiger partial charge >= 0.3 is 0 Å². The molecule has 0 radical (unpaired) electrons. The Hall–Kier alpha value is -3.42. The highest BCUT2D eigenvalue weighted by Gasteiger charge is 2.23. The molecule has 180 valence electrons. The Morgan fingerprint density at radius 2 is 1.66 bits per heavy atom. The molecule has 1 N–H and O–H groups in total. The highest BCUT2D eigenvalue weighted by Crippen LogP contribution is 2.31. The minimum absolute atomic E-state index is 0.000575. The number of Topliss-reactive ketones (excluding diaryl/α,β-unsaturated/α-hetero) is 1. The van der Waals surface area contributed by atoms with E-state index in [1.54, 1.807) is 42.5 Å². The van der Waals surface area contributed by atoms with E-state index in [0.717, 1.165) is 23.1 Å². The number of nitrogens with zero attached hydrogens (tertiary/aromatic N) is 1. The largest absolute Gasteiger partial charge is 0.339 e. The summed E-state index contributed by atoms with van der Waals surface area (Å²) in [5.41, 5.74) is 3.19. The van der Waals surface area contributed by atoms with Crippen molar-refractivity contribution in [3.8, 4) is 0 Å². The Morgan fingerprint density at radius 3 is 2.31 bits per heavy atom. The van der Waals surface area contributed by atoms with Crippen LogP contribution >= 0.6 is 11.6 Å². The highest BCUT2D eigenvalue weighted by molar-refractivity contribution is 7.90. The first-order valence-corrected chi connectivity index (χ1v) is 13.1. The van der Waals surface area contributed by atoms with Gasteiger partial charge in [-0.3, -0.25) is 9.59 Å². The van der Waals surface area contributed by atoms with E-state index in [4.69, 9.17) is 11.6 Å². The first-order chi connectivity index (χ1) is 16.7. The molecular weight excluding hydrogens is 484 g/mol. The molecule has 1 aromatic heterocycles. The smallest absolute Gasteiger partial charge is 0.265 e. The second-order valence-electron chi connectivity index (χ2n) is 8.29. The predicted molar refractivity (Wildman–Crippen MR) is 138 cm³/mol. The summed E-state index contributed by atoms with van der Waals surface area (Å²) in [6, 6.07) is 20.1. The fourth-order valence-corrected chi connectivity index (χ4v) is 5.44. The van der Waals surface area contributed by atoms with Gasteiger partial charge in [0.25, 0.3) is 15.9 Å². The van der Waals surface area contributed by atoms with Crippen molar-refractivity contribution in [3.63, 3.8) is 0 Å². The molecule has 0 aliphatic heterocycles. The summed E-state index contributed by atoms with van der Waals surface area (Å²) in [6.45, 7) is 3.97. The maximum absolute atomic E-state index is 13.0. The third kappa shape index (κ3) is 5.01. The van der Waals surface area contributed by atoms with Crippen LogP contribution in [0.5, 0.6) is 0 Å². The number of carbonyl (C=O) groups excluding carboxylic acids is 2. The van der Waals surface area contributed by atoms with Gasteiger partial charge in [0, 0.05) is 33.8 Å². The highest BCUT2D eigenvalue weighted by atomic mass is 35.5. The van der Waals surface area contributed by atoms with Crippen LogP contribution in [0.1, 0.15) is 52.2 Å². The number of sulfonamides is 1. The number of carbonyl (C=O) groups is 2. The molecule has 0 saturated carbocycles. The number of amides is 1. The molecule has 8 heteroatoms. The molecular formula is C27H25ClN2O4S. The lowest BCUT2D eigenvalue weighted by atomic mass is 10.0. The van der Waals surface area contributed by atoms with Crippen LogP contribution in [0.4, 0.5) is 0 Å². The van der Waals surface area contributed by atoms with Gasteiger partial charge in [0.2, 0.25) is 0 Å². The van der Waals surface area contributed by atoms with Crippen molar-refractivity contribution < 1.29 is 18.0 Å². The summed E-state index contributed by atoms with van der Waals surface area (Å²) in [5, 5.41) is 1.32. The molecule has 3 aromatic carbocycles. The lowest BCUT2D eigenvalue weighted by molar-refractivity contribution is 0.0979. The minimum atomic E-state index is -4.03. The number of aromatic nitrogens is 1. The SMILES string of the molecule is CCCc1c(C(C)=O)c2ccc(C(=O)NS(=O)(=O)c3ccccc3)cc2n1Cc1ccccc1Cl. The van der Waals surface area contributed by atoms with Crippen molar-refractivity contribution in [2.75, 3.05) is 0 Å². The van der Waals surface area contributed by atoms with E-state index in [9.17, 15) is 18.0 Å². The van der Waals surface area contributed by atoms with E-state index in [-0.39, 0.29) is 16.2 Å². The average Bonchev–Trinajstić information content (AvgIpc) is 3.13. The average molecular weight is 509 g/mol. The lowest BCUT2D eigenvalue weighted by Crippen LogP contribution is -2.30. The zero-order chi connectivity index (χ0) is 25.2. The van der Waals surface area contributed by atoms with Crippen molar-refractivity contribution in [1.29, 1.82) is 0 Å². The fourth-order valence-electron chi connectivity index (χ4n) is 4.25. The molecule has 0 atom stereocenters. The Morgan fingerprint density at radius 1 is 0.971 bits per heavy atom. The number of benzene rings is 3. The van der Waals surface area contributed by atoms with Gasteiger partial charge in [-0.25, -0.2) is 13.1 Å². The number of halogens is 1. The van der Waals surface area contributed by atoms with Crippen molar-refractivity contribution in [2.45, 2.75) is 38.1 Å². The van der Waals surface area contributed by atoms with E-state index in [0.29, 0.717) is 29.1 Å². The van der Waals surface area contributed by atoms with E-state index in [1.807, 2.05) is 29.7 Å². The predicted octanol–water partition coefficient (Wildman–Crippen LogP) is 5.62. The maximum Gasteiger partial charge on any atom is 0.265 e. The van der Waals surface area contributed by atoms with Crippen LogP contribution in [0, 0.1) is 0 Å². The quantitative estimate of drug-likeness (QED) is 0.313. The molecule has 4 aromatic rings. The van der Waals surface area contributed by atoms with Gasteiger partial charge in [-0.2, -0.15) is 0 Å². The topological polar surface area (TPSA) is 85.2 Å². The fraction of sp³-hybridized carbons (Fsp3) is 0.185. The van der Waals surface area contributed by atoms with E-state index < -0.39 is 15.9 Å². The van der Waals surface area contributed by atoms with Crippen molar-refractivity contribution in [2.24, 2.45) is 0 Å². The monoisotopic (exact) mass is 508 g/mol. The summed E-state index contributed by atoms with van der Waals surface area (Å²) in [4.78, 5) is 25.6. The number of hydrogen-bond donors (Lipinski definition) is 1. The second-order valence-corrected chi connectivity index (χ2v) is 10.4. The van der Waals surface area contributed by atoms with Gasteiger partial charge in [-0.05, 0) is 49.2 Å². The zero-order valence-electron chi connectivity index (χ0n) is 19.4. The Balaban J connectivity index is 1.83. The lowest BCUT2D eigenvalue weighted by Gasteiger charge is -2.13. The van der Waals surface area contributed by atoms with Crippen molar-refractivity contribution >= 4 is 44.2 Å². The van der Waals surface area contributed by atoms with E-state index in [1.165, 1.54) is 19.1 Å². The van der Waals surface area contributed by atoms with Crippen molar-refractivity contribution in [3.05, 3.63) is 100 Å². The molecule has 1 heterocycles. The Kier molecular flexibility index (Phi) is 7.10. The van der Waals surface area contributed by atoms with Gasteiger partial charge in [-0.15, -0.1) is 0 Å². The van der Waals surface area contributed by atoms with Crippen LogP contribution in [-0.2, 0) is 23.0 Å². The molecule has 4 rings (SSSR count). The summed E-state index contributed by atoms with van der Waals surface area (Å²) in [7, 11) is -4.03. The van der Waals surface area contributed by atoms with Crippen LogP contribution in [-0.4, -0.2) is 24.7 Å². The molecule has 6 nitrogen and oxygen atoms in total. The third-order valence-electron chi connectivity index (χ3n) is 5.84. The molecule has 1 amide bonds. The standard InChI is InChI=1S/C27H25ClN2O4S/c1-3-9-24-26(18(2)31)22-15-14-19(27(32)29-35(33,34)21-11-5-4-6-12-21)16-25(22)30(24)17-20-10-7-8-13-23(20)28/h4-8,10-16H,3,9,17H2,1-2H3,(H,29,32). The molecule has 0 bridgehead atoms. The second kappa shape index (κ2) is 10.1. The first kappa shape index (κ1) is 24.7. The Labute approximate surface area is 209 Å². The summed E-state index contributed by atoms with van der Waals surface area (Å²) >= 11 is 6.43. The minimum Gasteiger partial charge on any atom is -0.339 e. The van der Waals surface area contributed by atoms with Gasteiger partial charge < -0.3 is 4.57 Å². The van der Waals surface area contributed by atoms with E-state index >= 15 is 0 Å². The third-order valence-corrected chi connectivity index (χ3v) is 7.56. The van der Waals surface area contributed by atoms with Crippen molar-refractivity contribution in [1.82, 2.24) is 9.29 Å². The molecule has 0 unspecified atom stereocenters. The van der Waals surface area contributed by atoms with E-state index in [2.05, 4.69) is 4.72 Å². The van der Waals surface area contributed by atoms with Crippen LogP contribution in [0.2, 0.25) is 5.02 Å². The Bertz CT molecular complexity index is 1530. The summed E-state index contributed by atoms with van der Waals surface area (Å²) in [5.74, 6) is -0.817.